The van der Waals surface area contributed by atoms with Gasteiger partial charge < -0.3 is 40.4 Å². The summed E-state index contributed by atoms with van der Waals surface area (Å²) in [6, 6.07) is 17.7. The largest absolute Gasteiger partial charge is 0.548 e. The lowest BCUT2D eigenvalue weighted by atomic mass is 10.0. The van der Waals surface area contributed by atoms with Crippen molar-refractivity contribution < 1.29 is 29.4 Å². The minimum atomic E-state index is -1.43. The molecule has 0 fully saturated rings. The molecule has 5 rings (SSSR count). The lowest BCUT2D eigenvalue weighted by Gasteiger charge is -2.20. The van der Waals surface area contributed by atoms with Crippen LogP contribution in [-0.2, 0) is 22.4 Å². The molecule has 0 saturated carbocycles. The van der Waals surface area contributed by atoms with Crippen molar-refractivity contribution in [2.24, 2.45) is 0 Å². The number of H-pyrrole nitrogens is 2. The first kappa shape index (κ1) is 26.2. The maximum Gasteiger partial charge on any atom is 0.251 e. The lowest BCUT2D eigenvalue weighted by molar-refractivity contribution is -0.309. The van der Waals surface area contributed by atoms with Crippen LogP contribution in [-0.4, -0.2) is 45.8 Å². The quantitative estimate of drug-likeness (QED) is 0.206. The first-order chi connectivity index (χ1) is 19.3. The second-order valence-electron chi connectivity index (χ2n) is 9.39. The number of carbonyl (C=O) groups excluding carboxylic acids is 4. The zero-order chi connectivity index (χ0) is 28.2. The highest BCUT2D eigenvalue weighted by Gasteiger charge is 2.20. The van der Waals surface area contributed by atoms with Crippen LogP contribution in [0.1, 0.15) is 31.8 Å². The number of aliphatic carboxylic acids is 2. The highest BCUT2D eigenvalue weighted by Crippen LogP contribution is 2.20. The Morgan fingerprint density at radius 2 is 0.975 bits per heavy atom. The fraction of sp³-hybridized carbons (Fsp3) is 0.133. The van der Waals surface area contributed by atoms with Gasteiger partial charge in [-0.1, -0.05) is 36.4 Å². The van der Waals surface area contributed by atoms with E-state index in [1.54, 1.807) is 12.4 Å². The van der Waals surface area contributed by atoms with Crippen molar-refractivity contribution in [3.05, 3.63) is 107 Å². The van der Waals surface area contributed by atoms with E-state index in [0.29, 0.717) is 11.1 Å². The second kappa shape index (κ2) is 11.2. The summed E-state index contributed by atoms with van der Waals surface area (Å²) in [5.41, 5.74) is 3.36. The molecular formula is C30H24N4O6-2. The van der Waals surface area contributed by atoms with Crippen molar-refractivity contribution in [1.82, 2.24) is 20.6 Å². The summed E-state index contributed by atoms with van der Waals surface area (Å²) >= 11 is 0. The first-order valence-corrected chi connectivity index (χ1v) is 12.5. The molecule has 10 nitrogen and oxygen atoms in total. The number of carbonyl (C=O) groups is 4. The third kappa shape index (κ3) is 5.56. The number of nitrogens with one attached hydrogen (secondary N) is 4. The van der Waals surface area contributed by atoms with Crippen molar-refractivity contribution in [2.75, 3.05) is 0 Å². The van der Waals surface area contributed by atoms with Crippen molar-refractivity contribution >= 4 is 45.6 Å². The third-order valence-electron chi connectivity index (χ3n) is 6.79. The third-order valence-corrected chi connectivity index (χ3v) is 6.79. The summed E-state index contributed by atoms with van der Waals surface area (Å²) in [7, 11) is 0. The fourth-order valence-electron chi connectivity index (χ4n) is 4.68. The molecule has 202 valence electrons. The van der Waals surface area contributed by atoms with Crippen molar-refractivity contribution in [1.29, 1.82) is 0 Å². The lowest BCUT2D eigenvalue weighted by Crippen LogP contribution is -2.49. The Morgan fingerprint density at radius 1 is 0.600 bits per heavy atom. The number of carboxylic acid groups (broad SMARTS) is 2. The molecule has 0 aliphatic heterocycles. The van der Waals surface area contributed by atoms with Crippen LogP contribution in [0.15, 0.2) is 85.2 Å². The number of aromatic nitrogens is 2. The van der Waals surface area contributed by atoms with Crippen molar-refractivity contribution in [3.8, 4) is 0 Å². The van der Waals surface area contributed by atoms with Gasteiger partial charge in [0, 0.05) is 58.2 Å². The molecule has 40 heavy (non-hydrogen) atoms. The van der Waals surface area contributed by atoms with E-state index in [2.05, 4.69) is 20.6 Å². The van der Waals surface area contributed by atoms with Gasteiger partial charge >= 0.3 is 0 Å². The molecular weight excluding hydrogens is 512 g/mol. The Hall–Kier alpha value is -5.38. The summed E-state index contributed by atoms with van der Waals surface area (Å²) in [6.45, 7) is 0. The maximum absolute atomic E-state index is 12.8. The predicted octanol–water partition coefficient (Wildman–Crippen LogP) is 0.831. The number of hydrogen-bond acceptors (Lipinski definition) is 6. The molecule has 0 saturated heterocycles. The number of para-hydroxylation sites is 2. The van der Waals surface area contributed by atoms with Gasteiger partial charge in [-0.25, -0.2) is 0 Å². The molecule has 2 aromatic heterocycles. The Kier molecular flexibility index (Phi) is 7.32. The van der Waals surface area contributed by atoms with E-state index in [1.165, 1.54) is 24.3 Å². The fourth-order valence-corrected chi connectivity index (χ4v) is 4.68. The smallest absolute Gasteiger partial charge is 0.251 e. The molecule has 0 radical (unpaired) electrons. The molecule has 4 N–H and O–H groups in total. The molecule has 2 atom stereocenters. The second-order valence-corrected chi connectivity index (χ2v) is 9.39. The number of fused-ring (bicyclic) bond motifs is 2. The number of carboxylic acids is 2. The molecule has 2 amide bonds. The molecule has 3 aromatic carbocycles. The molecule has 0 aliphatic carbocycles. The van der Waals surface area contributed by atoms with Crippen LogP contribution in [0, 0.1) is 0 Å². The van der Waals surface area contributed by atoms with Crippen molar-refractivity contribution in [3.63, 3.8) is 0 Å². The number of hydrogen-bond donors (Lipinski definition) is 4. The van der Waals surface area contributed by atoms with Gasteiger partial charge in [0.2, 0.25) is 0 Å². The van der Waals surface area contributed by atoms with Gasteiger partial charge in [0.1, 0.15) is 0 Å². The first-order valence-electron chi connectivity index (χ1n) is 12.5. The summed E-state index contributed by atoms with van der Waals surface area (Å²) in [5.74, 6) is -4.18. The summed E-state index contributed by atoms with van der Waals surface area (Å²) < 4.78 is 0. The monoisotopic (exact) mass is 536 g/mol. The van der Waals surface area contributed by atoms with Gasteiger partial charge in [-0.05, 0) is 47.5 Å². The van der Waals surface area contributed by atoms with Crippen molar-refractivity contribution in [2.45, 2.75) is 24.9 Å². The van der Waals surface area contributed by atoms with Crippen LogP contribution in [0.2, 0.25) is 0 Å². The summed E-state index contributed by atoms with van der Waals surface area (Å²) in [6.07, 6.45) is 3.41. The molecule has 10 heteroatoms. The average molecular weight is 537 g/mol. The van der Waals surface area contributed by atoms with Crippen LogP contribution in [0.25, 0.3) is 21.8 Å². The Balaban J connectivity index is 1.24. The number of rotatable bonds is 10. The standard InChI is InChI=1S/C30H26N4O6/c35-27(33-25(29(37)38)13-19-15-31-23-7-3-1-5-21(19)23)17-9-11-18(12-10-17)28(36)34-26(30(39)40)14-20-16-32-24-8-4-2-6-22(20)24/h1-12,15-16,25-26,31-32H,13-14H2,(H,33,35)(H,34,36)(H,37,38)(H,39,40)/p-2/t25-,26-/m1/s1. The van der Waals surface area contributed by atoms with Crippen LogP contribution >= 0.6 is 0 Å². The van der Waals surface area contributed by atoms with Gasteiger partial charge in [-0.3, -0.25) is 9.59 Å². The minimum absolute atomic E-state index is 0.0135. The molecule has 0 bridgehead atoms. The van der Waals surface area contributed by atoms with Gasteiger partial charge in [-0.2, -0.15) is 0 Å². The highest BCUT2D eigenvalue weighted by atomic mass is 16.4. The summed E-state index contributed by atoms with van der Waals surface area (Å²) in [4.78, 5) is 55.3. The number of aromatic amines is 2. The Labute approximate surface area is 228 Å². The van der Waals surface area contributed by atoms with E-state index >= 15 is 0 Å². The number of benzene rings is 3. The molecule has 0 spiro atoms. The van der Waals surface area contributed by atoms with Crippen LogP contribution < -0.4 is 20.8 Å². The average Bonchev–Trinajstić information content (AvgIpc) is 3.56. The van der Waals surface area contributed by atoms with Crippen LogP contribution in [0.4, 0.5) is 0 Å². The highest BCUT2D eigenvalue weighted by molar-refractivity contribution is 6.00. The molecule has 0 aliphatic rings. The maximum atomic E-state index is 12.8. The van der Waals surface area contributed by atoms with Gasteiger partial charge in [0.25, 0.3) is 11.8 Å². The van der Waals surface area contributed by atoms with Gasteiger partial charge in [-0.15, -0.1) is 0 Å². The SMILES string of the molecule is O=C(N[C@H](Cc1c[nH]c2ccccc12)C(=O)[O-])c1ccc(C(=O)N[C@H](Cc2c[nH]c3ccccc23)C(=O)[O-])cc1. The topological polar surface area (TPSA) is 170 Å². The Bertz CT molecular complexity index is 1590. The zero-order valence-corrected chi connectivity index (χ0v) is 21.1. The van der Waals surface area contributed by atoms with Gasteiger partial charge in [0.15, 0.2) is 0 Å². The van der Waals surface area contributed by atoms with Crippen LogP contribution in [0.5, 0.6) is 0 Å². The normalized spacial score (nSPS) is 12.6. The predicted molar refractivity (Wildman–Crippen MR) is 143 cm³/mol. The van der Waals surface area contributed by atoms with E-state index in [0.717, 1.165) is 21.8 Å². The van der Waals surface area contributed by atoms with E-state index in [9.17, 15) is 29.4 Å². The minimum Gasteiger partial charge on any atom is -0.548 e. The van der Waals surface area contributed by atoms with E-state index < -0.39 is 35.8 Å². The van der Waals surface area contributed by atoms with E-state index in [1.807, 2.05) is 48.5 Å². The Morgan fingerprint density at radius 3 is 1.35 bits per heavy atom. The van der Waals surface area contributed by atoms with E-state index in [-0.39, 0.29) is 24.0 Å². The molecule has 5 aromatic rings. The van der Waals surface area contributed by atoms with Crippen LogP contribution in [0.3, 0.4) is 0 Å². The number of amides is 2. The molecule has 0 unspecified atom stereocenters. The summed E-state index contributed by atoms with van der Waals surface area (Å²) in [5, 5.41) is 30.2. The molecule has 2 heterocycles. The van der Waals surface area contributed by atoms with Gasteiger partial charge in [0.05, 0.1) is 24.0 Å². The zero-order valence-electron chi connectivity index (χ0n) is 21.1. The van der Waals surface area contributed by atoms with E-state index in [4.69, 9.17) is 0 Å².